The first-order valence-electron chi connectivity index (χ1n) is 8.07. The predicted octanol–water partition coefficient (Wildman–Crippen LogP) is 1.30. The maximum atomic E-state index is 12.3. The number of piperidine rings is 1. The lowest BCUT2D eigenvalue weighted by atomic mass is 10.1. The molecule has 1 aromatic rings. The van der Waals surface area contributed by atoms with E-state index in [4.69, 9.17) is 0 Å². The number of rotatable bonds is 5. The van der Waals surface area contributed by atoms with Crippen LogP contribution in [0.15, 0.2) is 0 Å². The lowest BCUT2D eigenvalue weighted by Gasteiger charge is -2.29. The fraction of sp³-hybridized carbons (Fsp3) is 0.800. The summed E-state index contributed by atoms with van der Waals surface area (Å²) in [5, 5.41) is 7.40. The average Bonchev–Trinajstić information content (AvgIpc) is 3.22. The van der Waals surface area contributed by atoms with Crippen LogP contribution in [0.25, 0.3) is 0 Å². The summed E-state index contributed by atoms with van der Waals surface area (Å²) in [7, 11) is 1.79. The van der Waals surface area contributed by atoms with E-state index in [1.165, 1.54) is 19.3 Å². The number of carbonyl (C=O) groups excluding carboxylic acids is 1. The van der Waals surface area contributed by atoms with Gasteiger partial charge in [0.05, 0.1) is 0 Å². The van der Waals surface area contributed by atoms with Gasteiger partial charge in [0, 0.05) is 25.6 Å². The zero-order chi connectivity index (χ0) is 14.8. The van der Waals surface area contributed by atoms with Crippen LogP contribution in [-0.2, 0) is 7.05 Å². The lowest BCUT2D eigenvalue weighted by Crippen LogP contribution is -2.44. The fourth-order valence-corrected chi connectivity index (χ4v) is 2.98. The molecule has 0 aromatic carbocycles. The third kappa shape index (κ3) is 3.61. The number of carbonyl (C=O) groups is 1. The summed E-state index contributed by atoms with van der Waals surface area (Å²) in [6.07, 6.45) is 6.18. The van der Waals surface area contributed by atoms with Gasteiger partial charge in [-0.05, 0) is 45.7 Å². The lowest BCUT2D eigenvalue weighted by molar-refractivity contribution is 0.0911. The average molecular weight is 291 g/mol. The Balaban J connectivity index is 1.54. The molecule has 1 atom stereocenters. The van der Waals surface area contributed by atoms with E-state index in [0.717, 1.165) is 38.3 Å². The van der Waals surface area contributed by atoms with E-state index in [9.17, 15) is 4.79 Å². The van der Waals surface area contributed by atoms with Crippen LogP contribution >= 0.6 is 0 Å². The van der Waals surface area contributed by atoms with Crippen LogP contribution in [0.3, 0.4) is 0 Å². The maximum absolute atomic E-state index is 12.3. The first kappa shape index (κ1) is 14.5. The van der Waals surface area contributed by atoms with E-state index < -0.39 is 0 Å². The number of aryl methyl sites for hydroxylation is 1. The van der Waals surface area contributed by atoms with Gasteiger partial charge in [-0.1, -0.05) is 6.42 Å². The molecule has 1 aromatic heterocycles. The molecule has 2 heterocycles. The minimum atomic E-state index is -0.110. The summed E-state index contributed by atoms with van der Waals surface area (Å²) in [6, 6.07) is 0.136. The molecule has 21 heavy (non-hydrogen) atoms. The molecule has 3 rings (SSSR count). The number of amides is 1. The normalized spacial score (nSPS) is 21.2. The van der Waals surface area contributed by atoms with Crippen molar-refractivity contribution in [2.24, 2.45) is 7.05 Å². The summed E-state index contributed by atoms with van der Waals surface area (Å²) in [4.78, 5) is 19.2. The largest absolute Gasteiger partial charge is 0.346 e. The second kappa shape index (κ2) is 6.13. The SMILES string of the molecule is C[C@H](CN1CCCCC1)NC(=O)c1nc(C2CC2)nn1C. The van der Waals surface area contributed by atoms with Crippen LogP contribution < -0.4 is 5.32 Å². The molecule has 0 unspecified atom stereocenters. The highest BCUT2D eigenvalue weighted by atomic mass is 16.2. The first-order valence-corrected chi connectivity index (χ1v) is 8.07. The molecule has 0 radical (unpaired) electrons. The number of likely N-dealkylation sites (tertiary alicyclic amines) is 1. The molecule has 1 N–H and O–H groups in total. The minimum Gasteiger partial charge on any atom is -0.346 e. The molecular formula is C15H25N5O. The molecule has 0 spiro atoms. The monoisotopic (exact) mass is 291 g/mol. The van der Waals surface area contributed by atoms with Crippen molar-refractivity contribution < 1.29 is 4.79 Å². The highest BCUT2D eigenvalue weighted by molar-refractivity contribution is 5.90. The van der Waals surface area contributed by atoms with E-state index in [1.807, 2.05) is 0 Å². The van der Waals surface area contributed by atoms with Gasteiger partial charge in [0.15, 0.2) is 5.82 Å². The van der Waals surface area contributed by atoms with Gasteiger partial charge in [-0.2, -0.15) is 5.10 Å². The Morgan fingerprint density at radius 2 is 2.05 bits per heavy atom. The van der Waals surface area contributed by atoms with Crippen molar-refractivity contribution >= 4 is 5.91 Å². The van der Waals surface area contributed by atoms with Crippen molar-refractivity contribution in [2.75, 3.05) is 19.6 Å². The zero-order valence-corrected chi connectivity index (χ0v) is 13.0. The van der Waals surface area contributed by atoms with Gasteiger partial charge in [-0.15, -0.1) is 0 Å². The molecule has 2 fully saturated rings. The van der Waals surface area contributed by atoms with Crippen molar-refractivity contribution in [1.82, 2.24) is 25.0 Å². The van der Waals surface area contributed by atoms with Crippen molar-refractivity contribution in [3.63, 3.8) is 0 Å². The Labute approximate surface area is 125 Å². The third-order valence-corrected chi connectivity index (χ3v) is 4.28. The van der Waals surface area contributed by atoms with Crippen molar-refractivity contribution in [3.8, 4) is 0 Å². The molecule has 1 saturated carbocycles. The van der Waals surface area contributed by atoms with Crippen LogP contribution in [0, 0.1) is 0 Å². The van der Waals surface area contributed by atoms with Gasteiger partial charge in [-0.25, -0.2) is 9.67 Å². The standard InChI is InChI=1S/C15H25N5O/c1-11(10-20-8-4-3-5-9-20)16-15(21)14-17-13(12-6-7-12)18-19(14)2/h11-12H,3-10H2,1-2H3,(H,16,21)/t11-/m1/s1. The van der Waals surface area contributed by atoms with E-state index in [2.05, 4.69) is 27.2 Å². The summed E-state index contributed by atoms with van der Waals surface area (Å²) >= 11 is 0. The van der Waals surface area contributed by atoms with Gasteiger partial charge >= 0.3 is 0 Å². The van der Waals surface area contributed by atoms with E-state index in [1.54, 1.807) is 11.7 Å². The third-order valence-electron chi connectivity index (χ3n) is 4.28. The van der Waals surface area contributed by atoms with E-state index >= 15 is 0 Å². The first-order chi connectivity index (χ1) is 10.1. The van der Waals surface area contributed by atoms with Crippen LogP contribution in [0.1, 0.15) is 61.4 Å². The van der Waals surface area contributed by atoms with Crippen molar-refractivity contribution in [2.45, 2.75) is 51.0 Å². The van der Waals surface area contributed by atoms with Gasteiger partial charge in [0.25, 0.3) is 5.91 Å². The van der Waals surface area contributed by atoms with Crippen LogP contribution in [0.4, 0.5) is 0 Å². The highest BCUT2D eigenvalue weighted by Crippen LogP contribution is 2.37. The van der Waals surface area contributed by atoms with E-state index in [0.29, 0.717) is 11.7 Å². The minimum absolute atomic E-state index is 0.110. The molecule has 6 nitrogen and oxygen atoms in total. The fourth-order valence-electron chi connectivity index (χ4n) is 2.98. The quantitative estimate of drug-likeness (QED) is 0.888. The molecule has 0 bridgehead atoms. The second-order valence-electron chi connectivity index (χ2n) is 6.43. The Morgan fingerprint density at radius 3 is 2.71 bits per heavy atom. The Hall–Kier alpha value is -1.43. The summed E-state index contributed by atoms with van der Waals surface area (Å²) in [5.74, 6) is 1.62. The molecule has 1 aliphatic carbocycles. The number of nitrogens with one attached hydrogen (secondary N) is 1. The second-order valence-corrected chi connectivity index (χ2v) is 6.43. The van der Waals surface area contributed by atoms with E-state index in [-0.39, 0.29) is 11.9 Å². The number of hydrogen-bond donors (Lipinski definition) is 1. The van der Waals surface area contributed by atoms with Crippen molar-refractivity contribution in [3.05, 3.63) is 11.6 Å². The van der Waals surface area contributed by atoms with Gasteiger partial charge in [0.1, 0.15) is 0 Å². The highest BCUT2D eigenvalue weighted by Gasteiger charge is 2.30. The molecule has 116 valence electrons. The van der Waals surface area contributed by atoms with Gasteiger partial charge in [0.2, 0.25) is 5.82 Å². The predicted molar refractivity (Wildman–Crippen MR) is 80.2 cm³/mol. The summed E-state index contributed by atoms with van der Waals surface area (Å²) in [6.45, 7) is 5.27. The number of hydrogen-bond acceptors (Lipinski definition) is 4. The molecule has 1 aliphatic heterocycles. The zero-order valence-electron chi connectivity index (χ0n) is 13.0. The van der Waals surface area contributed by atoms with Crippen LogP contribution in [-0.4, -0.2) is 51.2 Å². The molecule has 2 aliphatic rings. The molecule has 6 heteroatoms. The molecule has 1 amide bonds. The summed E-state index contributed by atoms with van der Waals surface area (Å²) in [5.41, 5.74) is 0. The Kier molecular flexibility index (Phi) is 4.24. The molecular weight excluding hydrogens is 266 g/mol. The Morgan fingerprint density at radius 1 is 1.33 bits per heavy atom. The maximum Gasteiger partial charge on any atom is 0.289 e. The van der Waals surface area contributed by atoms with Crippen LogP contribution in [0.5, 0.6) is 0 Å². The van der Waals surface area contributed by atoms with Gasteiger partial charge in [-0.3, -0.25) is 4.79 Å². The van der Waals surface area contributed by atoms with Crippen LogP contribution in [0.2, 0.25) is 0 Å². The van der Waals surface area contributed by atoms with Crippen molar-refractivity contribution in [1.29, 1.82) is 0 Å². The topological polar surface area (TPSA) is 63.1 Å². The summed E-state index contributed by atoms with van der Waals surface area (Å²) < 4.78 is 1.61. The smallest absolute Gasteiger partial charge is 0.289 e. The van der Waals surface area contributed by atoms with Gasteiger partial charge < -0.3 is 10.2 Å². The Bertz CT molecular complexity index is 502. The number of nitrogens with zero attached hydrogens (tertiary/aromatic N) is 4. The number of aromatic nitrogens is 3. The molecule has 1 saturated heterocycles.